The number of carbonyl (C=O) groups is 1. The van der Waals surface area contributed by atoms with Gasteiger partial charge >= 0.3 is 5.97 Å². The van der Waals surface area contributed by atoms with Gasteiger partial charge < -0.3 is 14.6 Å². The van der Waals surface area contributed by atoms with Gasteiger partial charge in [0.25, 0.3) is 0 Å². The topological polar surface area (TPSA) is 55.8 Å². The predicted octanol–water partition coefficient (Wildman–Crippen LogP) is 2.12. The first-order chi connectivity index (χ1) is 8.66. The first kappa shape index (κ1) is 12.9. The molecule has 0 aromatic heterocycles. The normalized spacial score (nSPS) is 22.9. The zero-order chi connectivity index (χ0) is 13.0. The van der Waals surface area contributed by atoms with E-state index in [4.69, 9.17) is 9.47 Å². The molecule has 0 radical (unpaired) electrons. The molecule has 0 amide bonds. The highest BCUT2D eigenvalue weighted by Crippen LogP contribution is 2.34. The lowest BCUT2D eigenvalue weighted by atomic mass is 9.81. The number of rotatable bonds is 5. The van der Waals surface area contributed by atoms with Crippen LogP contribution in [0.2, 0.25) is 0 Å². The summed E-state index contributed by atoms with van der Waals surface area (Å²) >= 11 is 0. The van der Waals surface area contributed by atoms with Crippen molar-refractivity contribution in [2.45, 2.75) is 19.3 Å². The maximum Gasteiger partial charge on any atom is 0.312 e. The Bertz CT molecular complexity index is 404. The van der Waals surface area contributed by atoms with E-state index >= 15 is 0 Å². The Morgan fingerprint density at radius 2 is 2.17 bits per heavy atom. The molecule has 1 fully saturated rings. The van der Waals surface area contributed by atoms with Gasteiger partial charge in [0.15, 0.2) is 0 Å². The molecule has 1 unspecified atom stereocenters. The molecule has 0 aliphatic carbocycles. The summed E-state index contributed by atoms with van der Waals surface area (Å²) in [5, 5.41) is 9.32. The van der Waals surface area contributed by atoms with Crippen molar-refractivity contribution >= 4 is 5.97 Å². The van der Waals surface area contributed by atoms with E-state index in [1.54, 1.807) is 7.11 Å². The van der Waals surface area contributed by atoms with Gasteiger partial charge in [-0.25, -0.2) is 0 Å². The summed E-state index contributed by atoms with van der Waals surface area (Å²) in [5.41, 5.74) is 0.434. The van der Waals surface area contributed by atoms with Crippen LogP contribution in [0.4, 0.5) is 0 Å². The fourth-order valence-electron chi connectivity index (χ4n) is 2.26. The molecule has 1 heterocycles. The van der Waals surface area contributed by atoms with Crippen molar-refractivity contribution in [3.8, 4) is 5.75 Å². The van der Waals surface area contributed by atoms with Crippen LogP contribution in [0.1, 0.15) is 18.4 Å². The lowest BCUT2D eigenvalue weighted by Gasteiger charge is -2.21. The first-order valence-electron chi connectivity index (χ1n) is 6.10. The predicted molar refractivity (Wildman–Crippen MR) is 66.8 cm³/mol. The minimum atomic E-state index is -0.742. The van der Waals surface area contributed by atoms with Crippen LogP contribution in [0.15, 0.2) is 24.3 Å². The van der Waals surface area contributed by atoms with E-state index in [0.29, 0.717) is 26.1 Å². The molecule has 1 saturated heterocycles. The molecule has 1 atom stereocenters. The van der Waals surface area contributed by atoms with Gasteiger partial charge in [-0.1, -0.05) is 12.1 Å². The molecule has 0 saturated carbocycles. The number of hydrogen-bond donors (Lipinski definition) is 1. The number of ether oxygens (including phenoxy) is 2. The quantitative estimate of drug-likeness (QED) is 0.869. The monoisotopic (exact) mass is 250 g/mol. The number of aryl methyl sites for hydroxylation is 1. The second-order valence-electron chi connectivity index (χ2n) is 4.74. The van der Waals surface area contributed by atoms with Crippen molar-refractivity contribution in [1.29, 1.82) is 0 Å². The van der Waals surface area contributed by atoms with Crippen molar-refractivity contribution in [3.05, 3.63) is 29.8 Å². The maximum absolute atomic E-state index is 11.3. The SMILES string of the molecule is COc1ccc(CCC2(C(=O)O)CCOC2)cc1. The number of aliphatic carboxylic acids is 1. The number of methoxy groups -OCH3 is 1. The van der Waals surface area contributed by atoms with Crippen LogP contribution in [0.3, 0.4) is 0 Å². The van der Waals surface area contributed by atoms with Gasteiger partial charge in [-0.15, -0.1) is 0 Å². The van der Waals surface area contributed by atoms with Crippen LogP contribution in [-0.2, 0) is 16.0 Å². The summed E-state index contributed by atoms with van der Waals surface area (Å²) in [7, 11) is 1.63. The summed E-state index contributed by atoms with van der Waals surface area (Å²) in [6.07, 6.45) is 1.98. The van der Waals surface area contributed by atoms with Gasteiger partial charge in [-0.05, 0) is 37.0 Å². The molecule has 4 nitrogen and oxygen atoms in total. The summed E-state index contributed by atoms with van der Waals surface area (Å²) in [4.78, 5) is 11.3. The summed E-state index contributed by atoms with van der Waals surface area (Å²) in [6.45, 7) is 0.882. The first-order valence-corrected chi connectivity index (χ1v) is 6.10. The summed E-state index contributed by atoms with van der Waals surface area (Å²) < 4.78 is 10.3. The van der Waals surface area contributed by atoms with Crippen LogP contribution in [0, 0.1) is 5.41 Å². The van der Waals surface area contributed by atoms with Crippen LogP contribution >= 0.6 is 0 Å². The second-order valence-corrected chi connectivity index (χ2v) is 4.74. The van der Waals surface area contributed by atoms with E-state index in [1.807, 2.05) is 24.3 Å². The largest absolute Gasteiger partial charge is 0.497 e. The molecule has 2 rings (SSSR count). The number of carboxylic acid groups (broad SMARTS) is 1. The average Bonchev–Trinajstić information content (AvgIpc) is 2.87. The van der Waals surface area contributed by atoms with E-state index in [1.165, 1.54) is 0 Å². The van der Waals surface area contributed by atoms with Crippen molar-refractivity contribution in [1.82, 2.24) is 0 Å². The van der Waals surface area contributed by atoms with Crippen LogP contribution in [0.25, 0.3) is 0 Å². The minimum absolute atomic E-state index is 0.332. The minimum Gasteiger partial charge on any atom is -0.497 e. The molecule has 1 aromatic rings. The van der Waals surface area contributed by atoms with Crippen LogP contribution in [0.5, 0.6) is 5.75 Å². The third kappa shape index (κ3) is 2.64. The Balaban J connectivity index is 1.99. The van der Waals surface area contributed by atoms with Gasteiger partial charge in [0.2, 0.25) is 0 Å². The fraction of sp³-hybridized carbons (Fsp3) is 0.500. The van der Waals surface area contributed by atoms with Crippen molar-refractivity contribution < 1.29 is 19.4 Å². The van der Waals surface area contributed by atoms with E-state index in [0.717, 1.165) is 17.7 Å². The molecule has 1 aliphatic heterocycles. The van der Waals surface area contributed by atoms with Gasteiger partial charge in [-0.3, -0.25) is 4.79 Å². The highest BCUT2D eigenvalue weighted by Gasteiger charge is 2.41. The summed E-state index contributed by atoms with van der Waals surface area (Å²) in [5.74, 6) is 0.0735. The zero-order valence-corrected chi connectivity index (χ0v) is 10.5. The fourth-order valence-corrected chi connectivity index (χ4v) is 2.26. The van der Waals surface area contributed by atoms with Gasteiger partial charge in [0.1, 0.15) is 5.75 Å². The Kier molecular flexibility index (Phi) is 3.87. The molecule has 0 bridgehead atoms. The highest BCUT2D eigenvalue weighted by atomic mass is 16.5. The number of hydrogen-bond acceptors (Lipinski definition) is 3. The van der Waals surface area contributed by atoms with Gasteiger partial charge in [0, 0.05) is 6.61 Å². The number of carboxylic acids is 1. The van der Waals surface area contributed by atoms with E-state index in [9.17, 15) is 9.90 Å². The molecular weight excluding hydrogens is 232 g/mol. The lowest BCUT2D eigenvalue weighted by molar-refractivity contribution is -0.149. The van der Waals surface area contributed by atoms with Crippen molar-refractivity contribution in [2.24, 2.45) is 5.41 Å². The molecule has 1 aromatic carbocycles. The van der Waals surface area contributed by atoms with E-state index in [2.05, 4.69) is 0 Å². The van der Waals surface area contributed by atoms with E-state index in [-0.39, 0.29) is 0 Å². The van der Waals surface area contributed by atoms with E-state index < -0.39 is 11.4 Å². The molecule has 4 heteroatoms. The van der Waals surface area contributed by atoms with Crippen molar-refractivity contribution in [2.75, 3.05) is 20.3 Å². The van der Waals surface area contributed by atoms with Gasteiger partial charge in [0.05, 0.1) is 19.1 Å². The molecule has 98 valence electrons. The Hall–Kier alpha value is -1.55. The van der Waals surface area contributed by atoms with Crippen molar-refractivity contribution in [3.63, 3.8) is 0 Å². The number of benzene rings is 1. The average molecular weight is 250 g/mol. The standard InChI is InChI=1S/C14H18O4/c1-17-12-4-2-11(3-5-12)6-7-14(13(15)16)8-9-18-10-14/h2-5H,6-10H2,1H3,(H,15,16). The lowest BCUT2D eigenvalue weighted by Crippen LogP contribution is -2.32. The molecule has 0 spiro atoms. The van der Waals surface area contributed by atoms with Crippen LogP contribution in [-0.4, -0.2) is 31.4 Å². The maximum atomic E-state index is 11.3. The second kappa shape index (κ2) is 5.40. The summed E-state index contributed by atoms with van der Waals surface area (Å²) in [6, 6.07) is 7.75. The molecule has 18 heavy (non-hydrogen) atoms. The molecular formula is C14H18O4. The highest BCUT2D eigenvalue weighted by molar-refractivity contribution is 5.75. The third-order valence-electron chi connectivity index (χ3n) is 3.61. The van der Waals surface area contributed by atoms with Gasteiger partial charge in [-0.2, -0.15) is 0 Å². The molecule has 1 aliphatic rings. The third-order valence-corrected chi connectivity index (χ3v) is 3.61. The van der Waals surface area contributed by atoms with Crippen LogP contribution < -0.4 is 4.74 Å². The zero-order valence-electron chi connectivity index (χ0n) is 10.5. The smallest absolute Gasteiger partial charge is 0.312 e. The Morgan fingerprint density at radius 3 is 2.67 bits per heavy atom. The Labute approximate surface area is 107 Å². The molecule has 1 N–H and O–H groups in total. The Morgan fingerprint density at radius 1 is 1.44 bits per heavy atom.